The summed E-state index contributed by atoms with van der Waals surface area (Å²) in [5.74, 6) is 0.806. The number of imidazole rings is 1. The smallest absolute Gasteiger partial charge is 0.147 e. The summed E-state index contributed by atoms with van der Waals surface area (Å²) in [7, 11) is 0. The quantitative estimate of drug-likeness (QED) is 0.302. The van der Waals surface area contributed by atoms with Gasteiger partial charge in [0.25, 0.3) is 0 Å². The molecule has 1 atom stereocenters. The zero-order valence-electron chi connectivity index (χ0n) is 19.9. The largest absolute Gasteiger partial charge is 0.387 e. The molecule has 1 unspecified atom stereocenters. The molecule has 4 rings (SSSR count). The Kier molecular flexibility index (Phi) is 7.25. The van der Waals surface area contributed by atoms with E-state index in [1.807, 2.05) is 61.5 Å². The Morgan fingerprint density at radius 2 is 1.29 bits per heavy atom. The molecule has 0 saturated carbocycles. The van der Waals surface area contributed by atoms with E-state index in [0.717, 1.165) is 35.4 Å². The third-order valence-electron chi connectivity index (χ3n) is 6.34. The van der Waals surface area contributed by atoms with Gasteiger partial charge >= 0.3 is 0 Å². The molecule has 0 fully saturated rings. The number of aliphatic hydroxyl groups is 1. The molecular weight excluding hydrogens is 418 g/mol. The molecule has 0 aliphatic rings. The topological polar surface area (TPSA) is 61.8 Å². The Morgan fingerprint density at radius 3 is 1.68 bits per heavy atom. The first-order chi connectivity index (χ1) is 16.7. The van der Waals surface area contributed by atoms with Gasteiger partial charge in [0.15, 0.2) is 0 Å². The molecule has 0 amide bonds. The van der Waals surface area contributed by atoms with Crippen LogP contribution >= 0.6 is 0 Å². The second kappa shape index (κ2) is 10.5. The Labute approximate surface area is 202 Å². The number of nitrogens with zero attached hydrogens (tertiary/aromatic N) is 3. The Bertz CT molecular complexity index is 1140. The van der Waals surface area contributed by atoms with Gasteiger partial charge in [0.2, 0.25) is 0 Å². The van der Waals surface area contributed by atoms with E-state index in [-0.39, 0.29) is 0 Å². The van der Waals surface area contributed by atoms with Gasteiger partial charge in [-0.05, 0) is 29.5 Å². The first-order valence-corrected chi connectivity index (χ1v) is 12.0. The highest BCUT2D eigenvalue weighted by atomic mass is 16.3. The van der Waals surface area contributed by atoms with Gasteiger partial charge in [-0.1, -0.05) is 111 Å². The molecule has 1 heterocycles. The molecule has 1 aromatic heterocycles. The van der Waals surface area contributed by atoms with Crippen LogP contribution in [0.5, 0.6) is 0 Å². The predicted octanol–water partition coefficient (Wildman–Crippen LogP) is 6.38. The maximum Gasteiger partial charge on any atom is 0.147 e. The van der Waals surface area contributed by atoms with Gasteiger partial charge in [-0.25, -0.2) is 4.98 Å². The molecule has 0 saturated heterocycles. The fourth-order valence-corrected chi connectivity index (χ4v) is 4.91. The number of benzene rings is 3. The summed E-state index contributed by atoms with van der Waals surface area (Å²) >= 11 is 0. The molecule has 4 aromatic rings. The van der Waals surface area contributed by atoms with Crippen molar-refractivity contribution in [3.8, 4) is 6.07 Å². The van der Waals surface area contributed by atoms with E-state index in [1.54, 1.807) is 0 Å². The number of hydrogen-bond donors (Lipinski definition) is 1. The Balaban J connectivity index is 2.20. The highest BCUT2D eigenvalue weighted by Crippen LogP contribution is 2.43. The highest BCUT2D eigenvalue weighted by molar-refractivity contribution is 5.53. The summed E-state index contributed by atoms with van der Waals surface area (Å²) < 4.78 is 2.09. The molecule has 3 aromatic carbocycles. The zero-order valence-corrected chi connectivity index (χ0v) is 19.9. The van der Waals surface area contributed by atoms with Crippen molar-refractivity contribution in [3.05, 3.63) is 125 Å². The molecule has 0 aliphatic heterocycles. The summed E-state index contributed by atoms with van der Waals surface area (Å²) in [6.45, 7) is 4.14. The minimum absolute atomic E-state index is 0.418. The maximum atomic E-state index is 11.0. The third kappa shape index (κ3) is 4.04. The molecule has 172 valence electrons. The fourth-order valence-electron chi connectivity index (χ4n) is 4.91. The van der Waals surface area contributed by atoms with Crippen molar-refractivity contribution >= 4 is 0 Å². The number of nitriles is 1. The minimum Gasteiger partial charge on any atom is -0.387 e. The Morgan fingerprint density at radius 1 is 0.824 bits per heavy atom. The van der Waals surface area contributed by atoms with Crippen LogP contribution in [-0.2, 0) is 12.0 Å². The summed E-state index contributed by atoms with van der Waals surface area (Å²) in [6, 6.07) is 33.3. The van der Waals surface area contributed by atoms with E-state index < -0.39 is 11.6 Å². The maximum absolute atomic E-state index is 11.0. The van der Waals surface area contributed by atoms with Crippen molar-refractivity contribution < 1.29 is 5.11 Å². The Hall–Kier alpha value is -3.68. The molecule has 0 bridgehead atoms. The number of hydrogen-bond acceptors (Lipinski definition) is 3. The van der Waals surface area contributed by atoms with Crippen LogP contribution in [0, 0.1) is 11.3 Å². The molecule has 1 N–H and O–H groups in total. The van der Waals surface area contributed by atoms with Gasteiger partial charge in [-0.2, -0.15) is 5.26 Å². The predicted molar refractivity (Wildman–Crippen MR) is 135 cm³/mol. The number of rotatable bonds is 9. The van der Waals surface area contributed by atoms with Crippen LogP contribution in [0.25, 0.3) is 0 Å². The van der Waals surface area contributed by atoms with Gasteiger partial charge in [0.05, 0.1) is 6.10 Å². The molecule has 4 nitrogen and oxygen atoms in total. The molecule has 0 aliphatic carbocycles. The lowest BCUT2D eigenvalue weighted by atomic mass is 9.76. The van der Waals surface area contributed by atoms with Crippen LogP contribution in [0.4, 0.5) is 0 Å². The van der Waals surface area contributed by atoms with Crippen LogP contribution in [0.1, 0.15) is 73.1 Å². The van der Waals surface area contributed by atoms with E-state index in [0.29, 0.717) is 24.2 Å². The third-order valence-corrected chi connectivity index (χ3v) is 6.34. The van der Waals surface area contributed by atoms with Crippen LogP contribution in [0.3, 0.4) is 0 Å². The second-order valence-electron chi connectivity index (χ2n) is 8.57. The highest BCUT2D eigenvalue weighted by Gasteiger charge is 2.42. The lowest BCUT2D eigenvalue weighted by molar-refractivity contribution is 0.161. The fraction of sp³-hybridized carbons (Fsp3) is 0.267. The van der Waals surface area contributed by atoms with Crippen LogP contribution in [0.2, 0.25) is 0 Å². The summed E-state index contributed by atoms with van der Waals surface area (Å²) in [6.07, 6.45) is 2.16. The minimum atomic E-state index is -0.823. The van der Waals surface area contributed by atoms with Crippen molar-refractivity contribution in [1.82, 2.24) is 9.55 Å². The van der Waals surface area contributed by atoms with E-state index in [1.165, 1.54) is 0 Å². The summed E-state index contributed by atoms with van der Waals surface area (Å²) in [5, 5.41) is 21.5. The summed E-state index contributed by atoms with van der Waals surface area (Å²) in [5.41, 5.74) is 3.18. The van der Waals surface area contributed by atoms with Gasteiger partial charge in [0.1, 0.15) is 28.8 Å². The van der Waals surface area contributed by atoms with E-state index >= 15 is 0 Å². The normalized spacial score (nSPS) is 12.3. The molecule has 0 radical (unpaired) electrons. The van der Waals surface area contributed by atoms with Gasteiger partial charge in [0, 0.05) is 6.42 Å². The molecule has 34 heavy (non-hydrogen) atoms. The van der Waals surface area contributed by atoms with E-state index in [2.05, 4.69) is 54.0 Å². The van der Waals surface area contributed by atoms with Gasteiger partial charge in [-0.15, -0.1) is 0 Å². The summed E-state index contributed by atoms with van der Waals surface area (Å²) in [4.78, 5) is 4.92. The monoisotopic (exact) mass is 449 g/mol. The average molecular weight is 450 g/mol. The number of aliphatic hydroxyl groups excluding tert-OH is 1. The SMILES string of the molecule is CCCc1nc(C(O)CCC)c(C#N)n1C(c1ccccc1)(c1ccccc1)c1ccccc1. The van der Waals surface area contributed by atoms with Crippen LogP contribution in [-0.4, -0.2) is 14.7 Å². The molecular formula is C30H31N3O. The van der Waals surface area contributed by atoms with E-state index in [9.17, 15) is 10.4 Å². The first kappa shape index (κ1) is 23.5. The number of aromatic nitrogens is 2. The zero-order chi connectivity index (χ0) is 24.0. The van der Waals surface area contributed by atoms with Crippen molar-refractivity contribution in [2.45, 2.75) is 51.2 Å². The van der Waals surface area contributed by atoms with Gasteiger partial charge in [-0.3, -0.25) is 0 Å². The average Bonchev–Trinajstić information content (AvgIpc) is 3.26. The second-order valence-corrected chi connectivity index (χ2v) is 8.57. The standard InChI is InChI=1S/C30H31N3O/c1-3-14-27(34)29-26(22-31)33(28(32-29)15-4-2)30(23-16-8-5-9-17-23,24-18-10-6-11-19-24)25-20-12-7-13-21-25/h5-13,16-21,27,34H,3-4,14-15H2,1-2H3. The van der Waals surface area contributed by atoms with Gasteiger partial charge < -0.3 is 9.67 Å². The lowest BCUT2D eigenvalue weighted by Gasteiger charge is -2.39. The molecule has 4 heteroatoms. The molecule has 0 spiro atoms. The van der Waals surface area contributed by atoms with Crippen molar-refractivity contribution in [2.75, 3.05) is 0 Å². The van der Waals surface area contributed by atoms with Crippen LogP contribution < -0.4 is 0 Å². The van der Waals surface area contributed by atoms with Crippen molar-refractivity contribution in [2.24, 2.45) is 0 Å². The number of aryl methyl sites for hydroxylation is 1. The van der Waals surface area contributed by atoms with Crippen molar-refractivity contribution in [3.63, 3.8) is 0 Å². The lowest BCUT2D eigenvalue weighted by Crippen LogP contribution is -2.40. The first-order valence-electron chi connectivity index (χ1n) is 12.0. The van der Waals surface area contributed by atoms with Crippen molar-refractivity contribution in [1.29, 1.82) is 5.26 Å². The van der Waals surface area contributed by atoms with Crippen LogP contribution in [0.15, 0.2) is 91.0 Å². The van der Waals surface area contributed by atoms with E-state index in [4.69, 9.17) is 4.98 Å².